The highest BCUT2D eigenvalue weighted by molar-refractivity contribution is 7.99. The third-order valence-electron chi connectivity index (χ3n) is 3.19. The van der Waals surface area contributed by atoms with Crippen LogP contribution in [0.25, 0.3) is 0 Å². The summed E-state index contributed by atoms with van der Waals surface area (Å²) in [6.07, 6.45) is 0.801. The molecule has 0 amide bonds. The van der Waals surface area contributed by atoms with Crippen LogP contribution in [0.15, 0.2) is 47.4 Å². The third kappa shape index (κ3) is 5.08. The largest absolute Gasteiger partial charge is 0.316 e. The van der Waals surface area contributed by atoms with Gasteiger partial charge in [0.25, 0.3) is 0 Å². The molecule has 2 rings (SSSR count). The van der Waals surface area contributed by atoms with Gasteiger partial charge in [0, 0.05) is 31.8 Å². The van der Waals surface area contributed by atoms with Crippen molar-refractivity contribution in [3.63, 3.8) is 0 Å². The van der Waals surface area contributed by atoms with E-state index >= 15 is 0 Å². The molecule has 21 heavy (non-hydrogen) atoms. The van der Waals surface area contributed by atoms with Crippen LogP contribution in [-0.4, -0.2) is 18.8 Å². The molecule has 2 aromatic rings. The number of likely N-dealkylation sites (N-methyl/N-ethyl adjacent to an activating group) is 1. The van der Waals surface area contributed by atoms with Gasteiger partial charge >= 0.3 is 0 Å². The lowest BCUT2D eigenvalue weighted by Gasteiger charge is -2.17. The molecule has 0 aliphatic carbocycles. The van der Waals surface area contributed by atoms with Crippen molar-refractivity contribution in [2.24, 2.45) is 0 Å². The van der Waals surface area contributed by atoms with Crippen molar-refractivity contribution in [3.05, 3.63) is 63.1 Å². The number of rotatable bonds is 6. The van der Waals surface area contributed by atoms with Crippen LogP contribution >= 0.6 is 46.6 Å². The highest BCUT2D eigenvalue weighted by Crippen LogP contribution is 2.27. The molecule has 0 fully saturated rings. The summed E-state index contributed by atoms with van der Waals surface area (Å²) >= 11 is 20.1. The van der Waals surface area contributed by atoms with E-state index in [-0.39, 0.29) is 0 Å². The molecule has 112 valence electrons. The van der Waals surface area contributed by atoms with Crippen LogP contribution in [0.2, 0.25) is 15.1 Å². The molecule has 5 heteroatoms. The zero-order valence-electron chi connectivity index (χ0n) is 11.6. The predicted molar refractivity (Wildman–Crippen MR) is 95.2 cm³/mol. The van der Waals surface area contributed by atoms with Crippen LogP contribution in [0.3, 0.4) is 0 Å². The number of hydrogen-bond acceptors (Lipinski definition) is 2. The lowest BCUT2D eigenvalue weighted by molar-refractivity contribution is 0.617. The van der Waals surface area contributed by atoms with E-state index in [0.717, 1.165) is 32.8 Å². The van der Waals surface area contributed by atoms with Crippen molar-refractivity contribution >= 4 is 46.6 Å². The molecule has 0 heterocycles. The molecule has 0 aromatic heterocycles. The van der Waals surface area contributed by atoms with Gasteiger partial charge in [-0.2, -0.15) is 0 Å². The first-order valence-electron chi connectivity index (χ1n) is 6.58. The molecule has 0 bridgehead atoms. The monoisotopic (exact) mass is 359 g/mol. The SMILES string of the molecule is CNC(CSc1ccc(Cl)cc1)Cc1c(Cl)cccc1Cl. The normalized spacial score (nSPS) is 12.4. The Labute approximate surface area is 145 Å². The van der Waals surface area contributed by atoms with Gasteiger partial charge in [0.1, 0.15) is 0 Å². The van der Waals surface area contributed by atoms with E-state index in [2.05, 4.69) is 5.32 Å². The number of benzene rings is 2. The Bertz CT molecular complexity index is 566. The first-order chi connectivity index (χ1) is 10.1. The lowest BCUT2D eigenvalue weighted by atomic mass is 10.1. The second kappa shape index (κ2) is 8.30. The van der Waals surface area contributed by atoms with Crippen LogP contribution < -0.4 is 5.32 Å². The van der Waals surface area contributed by atoms with Gasteiger partial charge in [0.05, 0.1) is 0 Å². The molecule has 1 unspecified atom stereocenters. The summed E-state index contributed by atoms with van der Waals surface area (Å²) in [6.45, 7) is 0. The minimum absolute atomic E-state index is 0.295. The fraction of sp³-hybridized carbons (Fsp3) is 0.250. The van der Waals surface area contributed by atoms with Gasteiger partial charge in [0.15, 0.2) is 0 Å². The lowest BCUT2D eigenvalue weighted by Crippen LogP contribution is -2.30. The second-order valence-corrected chi connectivity index (χ2v) is 7.00. The Morgan fingerprint density at radius 2 is 1.62 bits per heavy atom. The quantitative estimate of drug-likeness (QED) is 0.676. The predicted octanol–water partition coefficient (Wildman–Crippen LogP) is 5.57. The maximum atomic E-state index is 6.23. The summed E-state index contributed by atoms with van der Waals surface area (Å²) in [5.74, 6) is 0.930. The van der Waals surface area contributed by atoms with Crippen molar-refractivity contribution in [1.29, 1.82) is 0 Å². The van der Waals surface area contributed by atoms with E-state index in [9.17, 15) is 0 Å². The molecule has 0 radical (unpaired) electrons. The first kappa shape index (κ1) is 17.0. The Morgan fingerprint density at radius 3 is 2.19 bits per heavy atom. The van der Waals surface area contributed by atoms with E-state index < -0.39 is 0 Å². The van der Waals surface area contributed by atoms with Crippen molar-refractivity contribution in [2.45, 2.75) is 17.4 Å². The van der Waals surface area contributed by atoms with E-state index in [1.807, 2.05) is 49.5 Å². The van der Waals surface area contributed by atoms with E-state index in [1.54, 1.807) is 11.8 Å². The fourth-order valence-corrected chi connectivity index (χ4v) is 3.63. The number of thioether (sulfide) groups is 1. The van der Waals surface area contributed by atoms with Gasteiger partial charge in [-0.1, -0.05) is 40.9 Å². The van der Waals surface area contributed by atoms with E-state index in [1.165, 1.54) is 4.90 Å². The Balaban J connectivity index is 1.98. The topological polar surface area (TPSA) is 12.0 Å². The summed E-state index contributed by atoms with van der Waals surface area (Å²) in [6, 6.07) is 13.8. The Kier molecular flexibility index (Phi) is 6.72. The fourth-order valence-electron chi connectivity index (χ4n) is 1.95. The zero-order valence-corrected chi connectivity index (χ0v) is 14.7. The van der Waals surface area contributed by atoms with Gasteiger partial charge in [-0.05, 0) is 55.4 Å². The summed E-state index contributed by atoms with van der Waals surface area (Å²) in [5.41, 5.74) is 0.997. The number of halogens is 3. The summed E-state index contributed by atoms with van der Waals surface area (Å²) in [5, 5.41) is 5.52. The molecule has 0 aliphatic rings. The van der Waals surface area contributed by atoms with Crippen molar-refractivity contribution < 1.29 is 0 Å². The maximum Gasteiger partial charge on any atom is 0.0453 e. The van der Waals surface area contributed by atoms with Gasteiger partial charge in [0.2, 0.25) is 0 Å². The molecule has 0 aliphatic heterocycles. The van der Waals surface area contributed by atoms with Crippen LogP contribution in [0.4, 0.5) is 0 Å². The summed E-state index contributed by atoms with van der Waals surface area (Å²) in [4.78, 5) is 1.20. The Hall–Kier alpha value is -0.380. The van der Waals surface area contributed by atoms with Crippen LogP contribution in [0.1, 0.15) is 5.56 Å². The van der Waals surface area contributed by atoms with Crippen molar-refractivity contribution in [2.75, 3.05) is 12.8 Å². The highest BCUT2D eigenvalue weighted by atomic mass is 35.5. The number of hydrogen-bond donors (Lipinski definition) is 1. The molecule has 1 atom stereocenters. The van der Waals surface area contributed by atoms with Gasteiger partial charge in [-0.25, -0.2) is 0 Å². The molecule has 1 nitrogen and oxygen atoms in total. The van der Waals surface area contributed by atoms with Crippen molar-refractivity contribution in [1.82, 2.24) is 5.32 Å². The molecule has 1 N–H and O–H groups in total. The standard InChI is InChI=1S/C16H16Cl3NS/c1-20-12(9-14-15(18)3-2-4-16(14)19)10-21-13-7-5-11(17)6-8-13/h2-8,12,20H,9-10H2,1H3. The van der Waals surface area contributed by atoms with Gasteiger partial charge in [-0.15, -0.1) is 11.8 Å². The zero-order chi connectivity index (χ0) is 15.2. The molecular weight excluding hydrogens is 345 g/mol. The van der Waals surface area contributed by atoms with Gasteiger partial charge in [-0.3, -0.25) is 0 Å². The average molecular weight is 361 g/mol. The second-order valence-electron chi connectivity index (χ2n) is 4.65. The smallest absolute Gasteiger partial charge is 0.0453 e. The van der Waals surface area contributed by atoms with E-state index in [4.69, 9.17) is 34.8 Å². The minimum atomic E-state index is 0.295. The van der Waals surface area contributed by atoms with Gasteiger partial charge < -0.3 is 5.32 Å². The van der Waals surface area contributed by atoms with Crippen molar-refractivity contribution in [3.8, 4) is 0 Å². The molecule has 2 aromatic carbocycles. The van der Waals surface area contributed by atoms with Crippen LogP contribution in [-0.2, 0) is 6.42 Å². The van der Waals surface area contributed by atoms with Crippen LogP contribution in [0, 0.1) is 0 Å². The van der Waals surface area contributed by atoms with E-state index in [0.29, 0.717) is 6.04 Å². The molecule has 0 saturated heterocycles. The average Bonchev–Trinajstić information content (AvgIpc) is 2.48. The molecule has 0 spiro atoms. The summed E-state index contributed by atoms with van der Waals surface area (Å²) in [7, 11) is 1.96. The number of nitrogens with one attached hydrogen (secondary N) is 1. The Morgan fingerprint density at radius 1 is 1.00 bits per heavy atom. The first-order valence-corrected chi connectivity index (χ1v) is 8.70. The highest BCUT2D eigenvalue weighted by Gasteiger charge is 2.13. The molecular formula is C16H16Cl3NS. The van der Waals surface area contributed by atoms with Crippen LogP contribution in [0.5, 0.6) is 0 Å². The third-order valence-corrected chi connectivity index (χ3v) is 5.32. The maximum absolute atomic E-state index is 6.23. The molecule has 0 saturated carbocycles. The summed E-state index contributed by atoms with van der Waals surface area (Å²) < 4.78 is 0. The minimum Gasteiger partial charge on any atom is -0.316 e.